The molecule has 0 saturated carbocycles. The number of carbonyl (C=O) groups is 1. The molecule has 0 amide bonds. The zero-order valence-corrected chi connectivity index (χ0v) is 6.20. The lowest BCUT2D eigenvalue weighted by Crippen LogP contribution is -2.05. The van der Waals surface area contributed by atoms with Crippen molar-refractivity contribution in [2.24, 2.45) is 0 Å². The number of hydrogen-bond donors (Lipinski definition) is 0. The van der Waals surface area contributed by atoms with E-state index in [4.69, 9.17) is 0 Å². The molecule has 0 bridgehead atoms. The molecule has 0 aromatic carbocycles. The maximum atomic E-state index is 10.9. The minimum Gasteiger partial charge on any atom is -0.464 e. The molecule has 1 aromatic rings. The molecule has 0 N–H and O–H groups in total. The van der Waals surface area contributed by atoms with E-state index in [-0.39, 0.29) is 5.69 Å². The molecule has 0 atom stereocenters. The summed E-state index contributed by atoms with van der Waals surface area (Å²) in [4.78, 5) is 14.7. The molecule has 11 heavy (non-hydrogen) atoms. The molecule has 0 unspecified atom stereocenters. The normalized spacial score (nSPS) is 9.27. The summed E-state index contributed by atoms with van der Waals surface area (Å²) in [5, 5.41) is 0. The van der Waals surface area contributed by atoms with E-state index in [2.05, 4.69) is 16.6 Å². The number of ether oxygens (including phenoxy) is 1. The largest absolute Gasteiger partial charge is 0.464 e. The lowest BCUT2D eigenvalue weighted by molar-refractivity contribution is 0.0593. The van der Waals surface area contributed by atoms with E-state index in [0.717, 1.165) is 0 Å². The van der Waals surface area contributed by atoms with Gasteiger partial charge in [-0.3, -0.25) is 0 Å². The van der Waals surface area contributed by atoms with Crippen LogP contribution in [0.4, 0.5) is 0 Å². The summed E-state index contributed by atoms with van der Waals surface area (Å²) in [6.07, 6.45) is 1.53. The van der Waals surface area contributed by atoms with Gasteiger partial charge in [-0.2, -0.15) is 0 Å². The number of methoxy groups -OCH3 is 1. The lowest BCUT2D eigenvalue weighted by Gasteiger charge is -1.99. The molecule has 1 rings (SSSR count). The van der Waals surface area contributed by atoms with Gasteiger partial charge in [0.05, 0.1) is 7.11 Å². The van der Waals surface area contributed by atoms with Crippen LogP contribution in [-0.4, -0.2) is 18.1 Å². The quantitative estimate of drug-likeness (QED) is 0.562. The number of esters is 1. The van der Waals surface area contributed by atoms with Crippen molar-refractivity contribution in [3.05, 3.63) is 36.5 Å². The number of hydrogen-bond acceptors (Lipinski definition) is 3. The Balaban J connectivity index is 3.03. The van der Waals surface area contributed by atoms with Crippen molar-refractivity contribution < 1.29 is 9.53 Å². The van der Waals surface area contributed by atoms with Crippen LogP contribution in [0.2, 0.25) is 0 Å². The predicted molar refractivity (Wildman–Crippen MR) is 40.0 cm³/mol. The average Bonchev–Trinajstić information content (AvgIpc) is 2.04. The van der Waals surface area contributed by atoms with E-state index >= 15 is 0 Å². The third-order valence-corrected chi connectivity index (χ3v) is 1.27. The highest BCUT2D eigenvalue weighted by Crippen LogP contribution is 2.03. The van der Waals surface area contributed by atoms with Gasteiger partial charge in [0.1, 0.15) is 0 Å². The molecule has 1 heterocycles. The highest BCUT2D eigenvalue weighted by molar-refractivity contribution is 5.88. The third kappa shape index (κ3) is 1.55. The Morgan fingerprint density at radius 2 is 2.45 bits per heavy atom. The van der Waals surface area contributed by atoms with Gasteiger partial charge < -0.3 is 4.74 Å². The van der Waals surface area contributed by atoms with Gasteiger partial charge in [-0.25, -0.2) is 9.78 Å². The molecule has 0 saturated heterocycles. The topological polar surface area (TPSA) is 39.2 Å². The zero-order chi connectivity index (χ0) is 8.27. The summed E-state index contributed by atoms with van der Waals surface area (Å²) >= 11 is 0. The fourth-order valence-corrected chi connectivity index (χ4v) is 0.719. The van der Waals surface area contributed by atoms with Crippen molar-refractivity contribution in [1.82, 2.24) is 4.98 Å². The van der Waals surface area contributed by atoms with Crippen LogP contribution in [0.5, 0.6) is 0 Å². The molecular formula is C8H8NO2. The Morgan fingerprint density at radius 1 is 1.73 bits per heavy atom. The standard InChI is InChI=1S/C8H8NO2/c1-6-4-3-5-9-7(6)8(10)11-2/h3-5H,1H2,2H3. The summed E-state index contributed by atoms with van der Waals surface area (Å²) in [5.74, 6) is -0.449. The van der Waals surface area contributed by atoms with Crippen molar-refractivity contribution in [2.45, 2.75) is 0 Å². The molecule has 0 aliphatic carbocycles. The molecule has 57 valence electrons. The van der Waals surface area contributed by atoms with Crippen molar-refractivity contribution in [3.63, 3.8) is 0 Å². The summed E-state index contributed by atoms with van der Waals surface area (Å²) < 4.78 is 4.48. The van der Waals surface area contributed by atoms with E-state index < -0.39 is 5.97 Å². The third-order valence-electron chi connectivity index (χ3n) is 1.27. The fraction of sp³-hybridized carbons (Fsp3) is 0.125. The molecule has 0 fully saturated rings. The molecule has 0 aliphatic heterocycles. The van der Waals surface area contributed by atoms with E-state index in [1.54, 1.807) is 12.1 Å². The van der Waals surface area contributed by atoms with Crippen LogP contribution in [0.1, 0.15) is 16.1 Å². The number of carbonyl (C=O) groups excluding carboxylic acids is 1. The van der Waals surface area contributed by atoms with E-state index in [1.807, 2.05) is 0 Å². The summed E-state index contributed by atoms with van der Waals surface area (Å²) in [7, 11) is 1.32. The fourth-order valence-electron chi connectivity index (χ4n) is 0.719. The molecule has 1 aromatic heterocycles. The van der Waals surface area contributed by atoms with Gasteiger partial charge >= 0.3 is 5.97 Å². The first-order valence-electron chi connectivity index (χ1n) is 3.11. The first kappa shape index (κ1) is 7.72. The van der Waals surface area contributed by atoms with Crippen LogP contribution < -0.4 is 0 Å². The second kappa shape index (κ2) is 3.14. The highest BCUT2D eigenvalue weighted by atomic mass is 16.5. The van der Waals surface area contributed by atoms with Gasteiger partial charge in [0.25, 0.3) is 0 Å². The van der Waals surface area contributed by atoms with E-state index in [9.17, 15) is 4.79 Å². The smallest absolute Gasteiger partial charge is 0.356 e. The van der Waals surface area contributed by atoms with Crippen LogP contribution in [0.25, 0.3) is 0 Å². The van der Waals surface area contributed by atoms with Crippen molar-refractivity contribution >= 4 is 5.97 Å². The monoisotopic (exact) mass is 150 g/mol. The zero-order valence-electron chi connectivity index (χ0n) is 6.20. The predicted octanol–water partition coefficient (Wildman–Crippen LogP) is 1.05. The van der Waals surface area contributed by atoms with Crippen LogP contribution in [-0.2, 0) is 4.74 Å². The van der Waals surface area contributed by atoms with Gasteiger partial charge in [-0.15, -0.1) is 0 Å². The van der Waals surface area contributed by atoms with Crippen molar-refractivity contribution in [1.29, 1.82) is 0 Å². The maximum Gasteiger partial charge on any atom is 0.356 e. The molecule has 3 nitrogen and oxygen atoms in total. The summed E-state index contributed by atoms with van der Waals surface area (Å²) in [6.45, 7) is 3.63. The van der Waals surface area contributed by atoms with E-state index in [1.165, 1.54) is 13.3 Å². The first-order chi connectivity index (χ1) is 5.25. The summed E-state index contributed by atoms with van der Waals surface area (Å²) in [6, 6.07) is 3.42. The Labute approximate surface area is 65.0 Å². The van der Waals surface area contributed by atoms with E-state index in [0.29, 0.717) is 5.56 Å². The lowest BCUT2D eigenvalue weighted by atomic mass is 10.2. The SMILES string of the molecule is [CH2]c1cccnc1C(=O)OC. The van der Waals surface area contributed by atoms with Crippen LogP contribution in [0, 0.1) is 6.92 Å². The maximum absolute atomic E-state index is 10.9. The van der Waals surface area contributed by atoms with Gasteiger partial charge in [0.2, 0.25) is 0 Å². The number of pyridine rings is 1. The Morgan fingerprint density at radius 3 is 3.00 bits per heavy atom. The Bertz CT molecular complexity index is 271. The Kier molecular flexibility index (Phi) is 2.21. The van der Waals surface area contributed by atoms with Gasteiger partial charge in [0, 0.05) is 6.20 Å². The van der Waals surface area contributed by atoms with Crippen LogP contribution >= 0.6 is 0 Å². The first-order valence-corrected chi connectivity index (χ1v) is 3.11. The molecule has 3 heteroatoms. The minimum atomic E-state index is -0.449. The van der Waals surface area contributed by atoms with Gasteiger partial charge in [0.15, 0.2) is 5.69 Å². The number of rotatable bonds is 1. The van der Waals surface area contributed by atoms with Crippen molar-refractivity contribution in [2.75, 3.05) is 7.11 Å². The highest BCUT2D eigenvalue weighted by Gasteiger charge is 2.08. The second-order valence-corrected chi connectivity index (χ2v) is 2.00. The Hall–Kier alpha value is -1.38. The number of aromatic nitrogens is 1. The van der Waals surface area contributed by atoms with Crippen LogP contribution in [0.3, 0.4) is 0 Å². The summed E-state index contributed by atoms with van der Waals surface area (Å²) in [5.41, 5.74) is 0.856. The number of nitrogens with zero attached hydrogens (tertiary/aromatic N) is 1. The van der Waals surface area contributed by atoms with Crippen molar-refractivity contribution in [3.8, 4) is 0 Å². The minimum absolute atomic E-state index is 0.273. The molecular weight excluding hydrogens is 142 g/mol. The van der Waals surface area contributed by atoms with Crippen LogP contribution in [0.15, 0.2) is 18.3 Å². The average molecular weight is 150 g/mol. The second-order valence-electron chi connectivity index (χ2n) is 2.00. The molecule has 0 spiro atoms. The molecule has 0 aliphatic rings. The van der Waals surface area contributed by atoms with Gasteiger partial charge in [-0.1, -0.05) is 6.07 Å². The van der Waals surface area contributed by atoms with Gasteiger partial charge in [-0.05, 0) is 18.6 Å². The molecule has 1 radical (unpaired) electrons.